The summed E-state index contributed by atoms with van der Waals surface area (Å²) in [6.45, 7) is 1.95. The van der Waals surface area contributed by atoms with Crippen molar-refractivity contribution >= 4 is 10.9 Å². The van der Waals surface area contributed by atoms with Gasteiger partial charge in [0.25, 0.3) is 0 Å². The SMILES string of the molecule is Cc1[nH]c2cc(F)ccc2c1CCC#N. The van der Waals surface area contributed by atoms with Gasteiger partial charge in [-0.3, -0.25) is 0 Å². The van der Waals surface area contributed by atoms with E-state index in [0.29, 0.717) is 12.8 Å². The Labute approximate surface area is 87.3 Å². The summed E-state index contributed by atoms with van der Waals surface area (Å²) in [5.41, 5.74) is 2.94. The number of nitriles is 1. The molecule has 1 N–H and O–H groups in total. The molecule has 0 aliphatic rings. The lowest BCUT2D eigenvalue weighted by atomic mass is 10.1. The van der Waals surface area contributed by atoms with Crippen LogP contribution in [0, 0.1) is 24.1 Å². The molecule has 76 valence electrons. The molecule has 0 spiro atoms. The van der Waals surface area contributed by atoms with Crippen molar-refractivity contribution in [2.75, 3.05) is 0 Å². The van der Waals surface area contributed by atoms with Crippen molar-refractivity contribution in [3.63, 3.8) is 0 Å². The number of hydrogen-bond donors (Lipinski definition) is 1. The van der Waals surface area contributed by atoms with Crippen LogP contribution in [0.5, 0.6) is 0 Å². The maximum absolute atomic E-state index is 13.0. The molecule has 0 amide bonds. The molecule has 0 bridgehead atoms. The van der Waals surface area contributed by atoms with E-state index in [0.717, 1.165) is 22.2 Å². The normalized spacial score (nSPS) is 10.5. The number of aromatic nitrogens is 1. The summed E-state index contributed by atoms with van der Waals surface area (Å²) in [5, 5.41) is 9.57. The Morgan fingerprint density at radius 2 is 2.27 bits per heavy atom. The third-order valence-corrected chi connectivity index (χ3v) is 2.57. The molecular weight excluding hydrogens is 191 g/mol. The quantitative estimate of drug-likeness (QED) is 0.798. The van der Waals surface area contributed by atoms with Crippen LogP contribution >= 0.6 is 0 Å². The Balaban J connectivity index is 2.54. The zero-order valence-electron chi connectivity index (χ0n) is 8.47. The van der Waals surface area contributed by atoms with E-state index in [1.165, 1.54) is 12.1 Å². The number of aromatic amines is 1. The fourth-order valence-corrected chi connectivity index (χ4v) is 1.87. The van der Waals surface area contributed by atoms with Crippen LogP contribution < -0.4 is 0 Å². The van der Waals surface area contributed by atoms with Crippen molar-refractivity contribution in [1.82, 2.24) is 4.98 Å². The number of fused-ring (bicyclic) bond motifs is 1. The summed E-state index contributed by atoms with van der Waals surface area (Å²) < 4.78 is 13.0. The van der Waals surface area contributed by atoms with Crippen LogP contribution in [0.25, 0.3) is 10.9 Å². The van der Waals surface area contributed by atoms with Crippen LogP contribution in [0.1, 0.15) is 17.7 Å². The molecule has 2 nitrogen and oxygen atoms in total. The zero-order chi connectivity index (χ0) is 10.8. The molecule has 2 rings (SSSR count). The summed E-state index contributed by atoms with van der Waals surface area (Å²) >= 11 is 0. The molecular formula is C12H11FN2. The van der Waals surface area contributed by atoms with Crippen LogP contribution in [-0.2, 0) is 6.42 Å². The number of aryl methyl sites for hydroxylation is 2. The Bertz CT molecular complexity index is 534. The van der Waals surface area contributed by atoms with E-state index in [-0.39, 0.29) is 5.82 Å². The number of nitrogens with zero attached hydrogens (tertiary/aromatic N) is 1. The zero-order valence-corrected chi connectivity index (χ0v) is 8.47. The second kappa shape index (κ2) is 3.74. The largest absolute Gasteiger partial charge is 0.358 e. The lowest BCUT2D eigenvalue weighted by Crippen LogP contribution is -1.85. The monoisotopic (exact) mass is 202 g/mol. The molecule has 0 atom stereocenters. The van der Waals surface area contributed by atoms with Crippen LogP contribution in [0.3, 0.4) is 0 Å². The van der Waals surface area contributed by atoms with Crippen LogP contribution in [-0.4, -0.2) is 4.98 Å². The van der Waals surface area contributed by atoms with Crippen LogP contribution in [0.2, 0.25) is 0 Å². The molecule has 0 fully saturated rings. The predicted molar refractivity (Wildman–Crippen MR) is 56.9 cm³/mol. The minimum atomic E-state index is -0.240. The average molecular weight is 202 g/mol. The first-order valence-corrected chi connectivity index (χ1v) is 4.86. The minimum absolute atomic E-state index is 0.240. The summed E-state index contributed by atoms with van der Waals surface area (Å²) in [7, 11) is 0. The van der Waals surface area contributed by atoms with Crippen molar-refractivity contribution in [2.45, 2.75) is 19.8 Å². The van der Waals surface area contributed by atoms with Gasteiger partial charge in [0.2, 0.25) is 0 Å². The highest BCUT2D eigenvalue weighted by Crippen LogP contribution is 2.23. The first-order chi connectivity index (χ1) is 7.22. The molecule has 1 aromatic heterocycles. The van der Waals surface area contributed by atoms with Gasteiger partial charge < -0.3 is 4.98 Å². The lowest BCUT2D eigenvalue weighted by molar-refractivity contribution is 0.629. The van der Waals surface area contributed by atoms with Crippen LogP contribution in [0.4, 0.5) is 4.39 Å². The van der Waals surface area contributed by atoms with E-state index >= 15 is 0 Å². The summed E-state index contributed by atoms with van der Waals surface area (Å²) in [4.78, 5) is 3.13. The molecule has 0 saturated heterocycles. The standard InChI is InChI=1S/C12H11FN2/c1-8-10(3-2-6-14)11-5-4-9(13)7-12(11)15-8/h4-5,7,15H,2-3H2,1H3. The third-order valence-electron chi connectivity index (χ3n) is 2.57. The van der Waals surface area contributed by atoms with E-state index in [2.05, 4.69) is 11.1 Å². The van der Waals surface area contributed by atoms with Crippen molar-refractivity contribution in [3.8, 4) is 6.07 Å². The molecule has 0 saturated carbocycles. The summed E-state index contributed by atoms with van der Waals surface area (Å²) in [6, 6.07) is 6.82. The smallest absolute Gasteiger partial charge is 0.125 e. The number of hydrogen-bond acceptors (Lipinski definition) is 1. The molecule has 0 radical (unpaired) electrons. The molecule has 0 unspecified atom stereocenters. The fourth-order valence-electron chi connectivity index (χ4n) is 1.87. The fraction of sp³-hybridized carbons (Fsp3) is 0.250. The Morgan fingerprint density at radius 1 is 1.47 bits per heavy atom. The number of nitrogens with one attached hydrogen (secondary N) is 1. The van der Waals surface area contributed by atoms with E-state index in [1.807, 2.05) is 6.92 Å². The maximum atomic E-state index is 13.0. The van der Waals surface area contributed by atoms with E-state index < -0.39 is 0 Å². The highest BCUT2D eigenvalue weighted by atomic mass is 19.1. The van der Waals surface area contributed by atoms with Gasteiger partial charge in [-0.25, -0.2) is 4.39 Å². The molecule has 1 heterocycles. The minimum Gasteiger partial charge on any atom is -0.358 e. The highest BCUT2D eigenvalue weighted by Gasteiger charge is 2.08. The Hall–Kier alpha value is -1.82. The number of rotatable bonds is 2. The second-order valence-electron chi connectivity index (χ2n) is 3.58. The van der Waals surface area contributed by atoms with Crippen LogP contribution in [0.15, 0.2) is 18.2 Å². The van der Waals surface area contributed by atoms with Gasteiger partial charge in [0.05, 0.1) is 6.07 Å². The van der Waals surface area contributed by atoms with Gasteiger partial charge in [-0.05, 0) is 37.1 Å². The molecule has 3 heteroatoms. The topological polar surface area (TPSA) is 39.6 Å². The van der Waals surface area contributed by atoms with E-state index in [4.69, 9.17) is 5.26 Å². The van der Waals surface area contributed by atoms with Crippen molar-refractivity contribution in [3.05, 3.63) is 35.3 Å². The molecule has 2 aromatic rings. The Morgan fingerprint density at radius 3 is 3.00 bits per heavy atom. The summed E-state index contributed by atoms with van der Waals surface area (Å²) in [6.07, 6.45) is 1.21. The molecule has 1 aromatic carbocycles. The van der Waals surface area contributed by atoms with Crippen molar-refractivity contribution < 1.29 is 4.39 Å². The van der Waals surface area contributed by atoms with Gasteiger partial charge in [0, 0.05) is 23.0 Å². The highest BCUT2D eigenvalue weighted by molar-refractivity contribution is 5.84. The van der Waals surface area contributed by atoms with Gasteiger partial charge in [-0.2, -0.15) is 5.26 Å². The second-order valence-corrected chi connectivity index (χ2v) is 3.58. The van der Waals surface area contributed by atoms with Gasteiger partial charge >= 0.3 is 0 Å². The van der Waals surface area contributed by atoms with Gasteiger partial charge in [-0.1, -0.05) is 0 Å². The third kappa shape index (κ3) is 1.71. The number of halogens is 1. The lowest BCUT2D eigenvalue weighted by Gasteiger charge is -1.96. The van der Waals surface area contributed by atoms with Crippen molar-refractivity contribution in [2.24, 2.45) is 0 Å². The first-order valence-electron chi connectivity index (χ1n) is 4.86. The predicted octanol–water partition coefficient (Wildman–Crippen LogP) is 3.07. The number of benzene rings is 1. The number of H-pyrrole nitrogens is 1. The summed E-state index contributed by atoms with van der Waals surface area (Å²) in [5.74, 6) is -0.240. The van der Waals surface area contributed by atoms with Gasteiger partial charge in [-0.15, -0.1) is 0 Å². The van der Waals surface area contributed by atoms with E-state index in [1.54, 1.807) is 6.07 Å². The maximum Gasteiger partial charge on any atom is 0.125 e. The molecule has 0 aliphatic heterocycles. The average Bonchev–Trinajstić information content (AvgIpc) is 2.50. The van der Waals surface area contributed by atoms with Gasteiger partial charge in [0.1, 0.15) is 5.82 Å². The van der Waals surface area contributed by atoms with E-state index in [9.17, 15) is 4.39 Å². The van der Waals surface area contributed by atoms with Gasteiger partial charge in [0.15, 0.2) is 0 Å². The molecule has 15 heavy (non-hydrogen) atoms. The Kier molecular flexibility index (Phi) is 2.42. The van der Waals surface area contributed by atoms with Crippen molar-refractivity contribution in [1.29, 1.82) is 5.26 Å². The first kappa shape index (κ1) is 9.72. The molecule has 0 aliphatic carbocycles.